The Morgan fingerprint density at radius 2 is 1.07 bits per heavy atom. The highest BCUT2D eigenvalue weighted by Gasteiger charge is 2.22. The van der Waals surface area contributed by atoms with Gasteiger partial charge in [0.2, 0.25) is 5.79 Å². The van der Waals surface area contributed by atoms with Gasteiger partial charge in [0.1, 0.15) is 17.1 Å². The first-order valence-electron chi connectivity index (χ1n) is 13.7. The van der Waals surface area contributed by atoms with Crippen molar-refractivity contribution >= 4 is 18.2 Å². The van der Waals surface area contributed by atoms with E-state index in [1.165, 1.54) is 0 Å². The fourth-order valence-electron chi connectivity index (χ4n) is 4.21. The molecule has 0 saturated carbocycles. The number of aliphatic hydroxyl groups excluding tert-OH is 1. The zero-order valence-electron chi connectivity index (χ0n) is 24.2. The number of aliphatic hydroxyl groups is 1. The van der Waals surface area contributed by atoms with Gasteiger partial charge in [-0.05, 0) is 72.0 Å². The average molecular weight is 547 g/mol. The summed E-state index contributed by atoms with van der Waals surface area (Å²) in [6.45, 7) is 8.42. The van der Waals surface area contributed by atoms with E-state index in [2.05, 4.69) is 12.2 Å². The molecule has 0 unspecified atom stereocenters. The summed E-state index contributed by atoms with van der Waals surface area (Å²) in [5.74, 6) is 0.825. The molecule has 1 N–H and O–H groups in total. The number of hydrogen-bond acceptors (Lipinski definition) is 4. The standard InChI is InChI=1S/C37H38O4/c1-36(2,33-20-14-31(15-21-33)26-27-38)40-34-22-16-29(17-23-34)10-8-9-11-30-18-24-35(25-19-30)41-37(3,4)39-28-32-12-6-5-7-13-32/h5-27,38H,28H2,1-4H3. The molecule has 0 heterocycles. The molecule has 0 fully saturated rings. The molecule has 4 aromatic carbocycles. The first-order valence-corrected chi connectivity index (χ1v) is 13.7. The highest BCUT2D eigenvalue weighted by atomic mass is 16.7. The van der Waals surface area contributed by atoms with Crippen LogP contribution >= 0.6 is 0 Å². The molecule has 4 rings (SSSR count). The molecule has 0 atom stereocenters. The fourth-order valence-corrected chi connectivity index (χ4v) is 4.21. The molecule has 4 heteroatoms. The van der Waals surface area contributed by atoms with Gasteiger partial charge < -0.3 is 19.3 Å². The molecule has 4 nitrogen and oxygen atoms in total. The topological polar surface area (TPSA) is 47.9 Å². The molecule has 0 radical (unpaired) electrons. The first kappa shape index (κ1) is 29.4. The van der Waals surface area contributed by atoms with E-state index in [9.17, 15) is 0 Å². The van der Waals surface area contributed by atoms with E-state index in [-0.39, 0.29) is 0 Å². The van der Waals surface area contributed by atoms with Crippen LogP contribution in [-0.4, -0.2) is 10.9 Å². The minimum atomic E-state index is -0.740. The SMILES string of the molecule is CC(C)(OCc1ccccc1)Oc1ccc(C=CC=Cc2ccc(OC(C)(C)c3ccc(C=CO)cc3)cc2)cc1. The van der Waals surface area contributed by atoms with Crippen LogP contribution in [-0.2, 0) is 16.9 Å². The summed E-state index contributed by atoms with van der Waals surface area (Å²) in [5, 5.41) is 8.95. The predicted octanol–water partition coefficient (Wildman–Crippen LogP) is 9.59. The maximum Gasteiger partial charge on any atom is 0.205 e. The summed E-state index contributed by atoms with van der Waals surface area (Å²) in [6.07, 6.45) is 10.8. The van der Waals surface area contributed by atoms with Crippen LogP contribution in [0.1, 0.15) is 55.5 Å². The maximum absolute atomic E-state index is 8.95. The number of allylic oxidation sites excluding steroid dienone is 2. The summed E-state index contributed by atoms with van der Waals surface area (Å²) in [6, 6.07) is 34.0. The molecule has 0 bridgehead atoms. The lowest BCUT2D eigenvalue weighted by molar-refractivity contribution is -0.164. The lowest BCUT2D eigenvalue weighted by Crippen LogP contribution is -2.31. The van der Waals surface area contributed by atoms with Crippen molar-refractivity contribution in [2.75, 3.05) is 0 Å². The van der Waals surface area contributed by atoms with E-state index in [1.807, 2.05) is 143 Å². The summed E-state index contributed by atoms with van der Waals surface area (Å²) in [5.41, 5.74) is 4.78. The van der Waals surface area contributed by atoms with E-state index >= 15 is 0 Å². The molecule has 0 spiro atoms. The zero-order chi connectivity index (χ0) is 29.1. The maximum atomic E-state index is 8.95. The van der Waals surface area contributed by atoms with Gasteiger partial charge in [-0.2, -0.15) is 0 Å². The molecule has 4 aromatic rings. The van der Waals surface area contributed by atoms with Gasteiger partial charge in [-0.15, -0.1) is 0 Å². The second kappa shape index (κ2) is 13.7. The van der Waals surface area contributed by atoms with Crippen molar-refractivity contribution in [3.8, 4) is 11.5 Å². The molecule has 0 aliphatic heterocycles. The summed E-state index contributed by atoms with van der Waals surface area (Å²) in [7, 11) is 0. The van der Waals surface area contributed by atoms with E-state index in [0.717, 1.165) is 45.6 Å². The largest absolute Gasteiger partial charge is 0.516 e. The Hall–Kier alpha value is -4.54. The van der Waals surface area contributed by atoms with Crippen LogP contribution in [0.5, 0.6) is 11.5 Å². The van der Waals surface area contributed by atoms with Crippen molar-refractivity contribution in [2.24, 2.45) is 0 Å². The molecular weight excluding hydrogens is 508 g/mol. The smallest absolute Gasteiger partial charge is 0.205 e. The normalized spacial score (nSPS) is 12.4. The molecule has 210 valence electrons. The third-order valence-corrected chi connectivity index (χ3v) is 6.49. The predicted molar refractivity (Wildman–Crippen MR) is 169 cm³/mol. The van der Waals surface area contributed by atoms with Crippen molar-refractivity contribution in [3.05, 3.63) is 149 Å². The van der Waals surface area contributed by atoms with Crippen LogP contribution < -0.4 is 9.47 Å². The molecular formula is C37H38O4. The first-order chi connectivity index (χ1) is 19.7. The Morgan fingerprint density at radius 3 is 1.61 bits per heavy atom. The number of benzene rings is 4. The minimum Gasteiger partial charge on any atom is -0.516 e. The van der Waals surface area contributed by atoms with Gasteiger partial charge in [0.15, 0.2) is 0 Å². The second-order valence-electron chi connectivity index (χ2n) is 10.7. The van der Waals surface area contributed by atoms with E-state index in [1.54, 1.807) is 6.08 Å². The Kier molecular flexibility index (Phi) is 9.83. The summed E-state index contributed by atoms with van der Waals surface area (Å²) < 4.78 is 18.3. The molecule has 0 saturated heterocycles. The van der Waals surface area contributed by atoms with Crippen molar-refractivity contribution in [3.63, 3.8) is 0 Å². The fraction of sp³-hybridized carbons (Fsp3) is 0.189. The minimum absolute atomic E-state index is 0.493. The van der Waals surface area contributed by atoms with E-state index in [0.29, 0.717) is 6.61 Å². The zero-order valence-corrected chi connectivity index (χ0v) is 24.2. The third kappa shape index (κ3) is 9.26. The average Bonchev–Trinajstić information content (AvgIpc) is 2.97. The highest BCUT2D eigenvalue weighted by Crippen LogP contribution is 2.28. The van der Waals surface area contributed by atoms with Crippen LogP contribution in [0.4, 0.5) is 0 Å². The summed E-state index contributed by atoms with van der Waals surface area (Å²) >= 11 is 0. The van der Waals surface area contributed by atoms with Gasteiger partial charge in [-0.25, -0.2) is 0 Å². The van der Waals surface area contributed by atoms with E-state index < -0.39 is 11.4 Å². The number of ether oxygens (including phenoxy) is 3. The van der Waals surface area contributed by atoms with Gasteiger partial charge in [-0.3, -0.25) is 0 Å². The number of hydrogen-bond donors (Lipinski definition) is 1. The molecule has 0 aliphatic carbocycles. The lowest BCUT2D eigenvalue weighted by atomic mass is 9.96. The lowest BCUT2D eigenvalue weighted by Gasteiger charge is -2.27. The molecule has 0 amide bonds. The van der Waals surface area contributed by atoms with Gasteiger partial charge in [0, 0.05) is 13.8 Å². The monoisotopic (exact) mass is 546 g/mol. The molecule has 0 aromatic heterocycles. The van der Waals surface area contributed by atoms with Crippen molar-refractivity contribution in [1.82, 2.24) is 0 Å². The Labute approximate surface area is 243 Å². The second-order valence-corrected chi connectivity index (χ2v) is 10.7. The van der Waals surface area contributed by atoms with Crippen molar-refractivity contribution in [2.45, 2.75) is 45.7 Å². The quantitative estimate of drug-likeness (QED) is 0.109. The Bertz CT molecular complexity index is 1440. The van der Waals surface area contributed by atoms with E-state index in [4.69, 9.17) is 19.3 Å². The van der Waals surface area contributed by atoms with Gasteiger partial charge >= 0.3 is 0 Å². The van der Waals surface area contributed by atoms with Crippen LogP contribution in [0.25, 0.3) is 18.2 Å². The Balaban J connectivity index is 1.26. The van der Waals surface area contributed by atoms with Crippen LogP contribution in [0.15, 0.2) is 122 Å². The van der Waals surface area contributed by atoms with Crippen LogP contribution in [0, 0.1) is 0 Å². The molecule has 41 heavy (non-hydrogen) atoms. The third-order valence-electron chi connectivity index (χ3n) is 6.49. The van der Waals surface area contributed by atoms with Crippen molar-refractivity contribution < 1.29 is 19.3 Å². The van der Waals surface area contributed by atoms with Crippen molar-refractivity contribution in [1.29, 1.82) is 0 Å². The summed E-state index contributed by atoms with van der Waals surface area (Å²) in [4.78, 5) is 0. The Morgan fingerprint density at radius 1 is 0.585 bits per heavy atom. The van der Waals surface area contributed by atoms with Crippen LogP contribution in [0.3, 0.4) is 0 Å². The van der Waals surface area contributed by atoms with Gasteiger partial charge in [0.25, 0.3) is 0 Å². The molecule has 0 aliphatic rings. The number of rotatable bonds is 12. The highest BCUT2D eigenvalue weighted by molar-refractivity contribution is 5.58. The van der Waals surface area contributed by atoms with Gasteiger partial charge in [-0.1, -0.05) is 103 Å². The van der Waals surface area contributed by atoms with Gasteiger partial charge in [0.05, 0.1) is 12.9 Å². The van der Waals surface area contributed by atoms with Crippen LogP contribution in [0.2, 0.25) is 0 Å².